The van der Waals surface area contributed by atoms with E-state index in [-0.39, 0.29) is 29.4 Å². The minimum atomic E-state index is -4.02. The van der Waals surface area contributed by atoms with Gasteiger partial charge in [0.2, 0.25) is 5.91 Å². The van der Waals surface area contributed by atoms with Crippen LogP contribution in [-0.4, -0.2) is 42.9 Å². The van der Waals surface area contributed by atoms with Gasteiger partial charge in [0.15, 0.2) is 0 Å². The van der Waals surface area contributed by atoms with Crippen molar-refractivity contribution in [3.05, 3.63) is 72.3 Å². The van der Waals surface area contributed by atoms with Gasteiger partial charge in [-0.2, -0.15) is 0 Å². The smallest absolute Gasteiger partial charge is 0.326 e. The molecule has 1 aliphatic heterocycles. The number of hydrazine groups is 1. The van der Waals surface area contributed by atoms with E-state index in [2.05, 4.69) is 10.1 Å². The van der Waals surface area contributed by atoms with Crippen molar-refractivity contribution in [2.75, 3.05) is 11.9 Å². The molecule has 3 amide bonds. The molecule has 1 atom stereocenters. The molecule has 184 valence electrons. The number of piperidine rings is 1. The number of sulfonamides is 1. The van der Waals surface area contributed by atoms with Gasteiger partial charge < -0.3 is 10.2 Å². The average Bonchev–Trinajstić information content (AvgIpc) is 2.84. The van der Waals surface area contributed by atoms with Crippen LogP contribution in [0.25, 0.3) is 10.8 Å². The standard InChI is InChI=1S/C26H30N4O4S/c1-19-7-5-6-16-29(19)26(32)30(18-21-10-13-24(14-11-21)27-20(2)31)28-35(33,34)25-15-12-22-8-3-4-9-23(22)17-25/h3-4,8-15,17,19,28H,5-7,16,18H2,1-2H3,(H,27,31). The van der Waals surface area contributed by atoms with Crippen LogP contribution in [0.5, 0.6) is 0 Å². The van der Waals surface area contributed by atoms with Crippen LogP contribution in [0.2, 0.25) is 0 Å². The van der Waals surface area contributed by atoms with E-state index >= 15 is 0 Å². The van der Waals surface area contributed by atoms with Crippen molar-refractivity contribution in [1.82, 2.24) is 14.7 Å². The van der Waals surface area contributed by atoms with Crippen LogP contribution in [0.1, 0.15) is 38.7 Å². The van der Waals surface area contributed by atoms with E-state index in [9.17, 15) is 18.0 Å². The van der Waals surface area contributed by atoms with E-state index in [1.165, 1.54) is 11.9 Å². The third-order valence-corrected chi connectivity index (χ3v) is 7.49. The first-order chi connectivity index (χ1) is 16.7. The molecule has 1 aliphatic rings. The number of rotatable bonds is 6. The molecule has 0 aromatic heterocycles. The van der Waals surface area contributed by atoms with Crippen LogP contribution < -0.4 is 10.1 Å². The molecule has 1 unspecified atom stereocenters. The average molecular weight is 495 g/mol. The molecule has 1 fully saturated rings. The van der Waals surface area contributed by atoms with Crippen molar-refractivity contribution in [3.8, 4) is 0 Å². The second-order valence-corrected chi connectivity index (χ2v) is 10.5. The van der Waals surface area contributed by atoms with Gasteiger partial charge in [-0.3, -0.25) is 4.79 Å². The summed E-state index contributed by atoms with van der Waals surface area (Å²) in [7, 11) is -4.02. The van der Waals surface area contributed by atoms with Gasteiger partial charge in [0.25, 0.3) is 10.0 Å². The number of nitrogens with one attached hydrogen (secondary N) is 2. The van der Waals surface area contributed by atoms with Crippen LogP contribution in [-0.2, 0) is 21.4 Å². The number of likely N-dealkylation sites (tertiary alicyclic amines) is 1. The minimum absolute atomic E-state index is 0.0195. The molecule has 8 nitrogen and oxygen atoms in total. The maximum atomic E-state index is 13.5. The third kappa shape index (κ3) is 5.98. The molecule has 1 heterocycles. The van der Waals surface area contributed by atoms with Crippen molar-refractivity contribution in [1.29, 1.82) is 0 Å². The number of benzene rings is 3. The van der Waals surface area contributed by atoms with Gasteiger partial charge >= 0.3 is 6.03 Å². The topological polar surface area (TPSA) is 98.8 Å². The lowest BCUT2D eigenvalue weighted by Gasteiger charge is -2.37. The molecule has 2 N–H and O–H groups in total. The minimum Gasteiger partial charge on any atom is -0.326 e. The van der Waals surface area contributed by atoms with Crippen molar-refractivity contribution >= 4 is 38.4 Å². The van der Waals surface area contributed by atoms with Crippen molar-refractivity contribution in [3.63, 3.8) is 0 Å². The van der Waals surface area contributed by atoms with Gasteiger partial charge in [0.1, 0.15) is 0 Å². The Morgan fingerprint density at radius 3 is 2.40 bits per heavy atom. The van der Waals surface area contributed by atoms with Crippen LogP contribution in [0.4, 0.5) is 10.5 Å². The molecule has 1 saturated heterocycles. The van der Waals surface area contributed by atoms with E-state index in [0.717, 1.165) is 35.6 Å². The highest BCUT2D eigenvalue weighted by molar-refractivity contribution is 7.89. The van der Waals surface area contributed by atoms with Gasteiger partial charge in [-0.25, -0.2) is 18.2 Å². The Morgan fingerprint density at radius 2 is 1.71 bits per heavy atom. The van der Waals surface area contributed by atoms with Crippen LogP contribution in [0, 0.1) is 0 Å². The summed E-state index contributed by atoms with van der Waals surface area (Å²) in [4.78, 5) is 29.1. The molecule has 9 heteroatoms. The lowest BCUT2D eigenvalue weighted by molar-refractivity contribution is -0.114. The summed E-state index contributed by atoms with van der Waals surface area (Å²) in [6.07, 6.45) is 2.80. The number of urea groups is 1. The molecule has 0 aliphatic carbocycles. The Morgan fingerprint density at radius 1 is 1.00 bits per heavy atom. The normalized spacial score (nSPS) is 16.2. The first-order valence-corrected chi connectivity index (χ1v) is 13.2. The van der Waals surface area contributed by atoms with Crippen molar-refractivity contribution < 1.29 is 18.0 Å². The summed E-state index contributed by atoms with van der Waals surface area (Å²) in [5, 5.41) is 5.60. The van der Waals surface area contributed by atoms with E-state index in [1.807, 2.05) is 31.2 Å². The number of fused-ring (bicyclic) bond motifs is 1. The summed E-state index contributed by atoms with van der Waals surface area (Å²) in [5.74, 6) is -0.184. The predicted octanol–water partition coefficient (Wildman–Crippen LogP) is 4.49. The van der Waals surface area contributed by atoms with E-state index < -0.39 is 10.0 Å². The summed E-state index contributed by atoms with van der Waals surface area (Å²) < 4.78 is 26.7. The molecular formula is C26H30N4O4S. The SMILES string of the molecule is CC(=O)Nc1ccc(CN(NS(=O)(=O)c2ccc3ccccc3c2)C(=O)N2CCCCC2C)cc1. The number of amides is 3. The van der Waals surface area contributed by atoms with Gasteiger partial charge in [0, 0.05) is 25.2 Å². The highest BCUT2D eigenvalue weighted by Gasteiger charge is 2.30. The summed E-state index contributed by atoms with van der Waals surface area (Å²) in [6.45, 7) is 4.02. The summed E-state index contributed by atoms with van der Waals surface area (Å²) in [5.41, 5.74) is 1.35. The van der Waals surface area contributed by atoms with E-state index in [1.54, 1.807) is 47.4 Å². The maximum Gasteiger partial charge on any atom is 0.335 e. The molecular weight excluding hydrogens is 464 g/mol. The van der Waals surface area contributed by atoms with Crippen LogP contribution >= 0.6 is 0 Å². The highest BCUT2D eigenvalue weighted by atomic mass is 32.2. The molecule has 0 saturated carbocycles. The van der Waals surface area contributed by atoms with Crippen molar-refractivity contribution in [2.45, 2.75) is 50.6 Å². The number of nitrogens with zero attached hydrogens (tertiary/aromatic N) is 2. The second kappa shape index (κ2) is 10.5. The number of hydrogen-bond donors (Lipinski definition) is 2. The Balaban J connectivity index is 1.62. The molecule has 0 bridgehead atoms. The zero-order chi connectivity index (χ0) is 25.0. The lowest BCUT2D eigenvalue weighted by atomic mass is 10.0. The first kappa shape index (κ1) is 24.7. The maximum absolute atomic E-state index is 13.5. The summed E-state index contributed by atoms with van der Waals surface area (Å²) >= 11 is 0. The fraction of sp³-hybridized carbons (Fsp3) is 0.308. The Hall–Kier alpha value is -3.43. The van der Waals surface area contributed by atoms with E-state index in [4.69, 9.17) is 0 Å². The fourth-order valence-corrected chi connectivity index (χ4v) is 5.36. The zero-order valence-corrected chi connectivity index (χ0v) is 20.7. The lowest BCUT2D eigenvalue weighted by Crippen LogP contribution is -2.54. The predicted molar refractivity (Wildman–Crippen MR) is 136 cm³/mol. The van der Waals surface area contributed by atoms with Gasteiger partial charge in [0.05, 0.1) is 11.4 Å². The molecule has 4 rings (SSSR count). The summed E-state index contributed by atoms with van der Waals surface area (Å²) in [6, 6.07) is 19.0. The number of hydrogen-bond acceptors (Lipinski definition) is 4. The first-order valence-electron chi connectivity index (χ1n) is 11.7. The van der Waals surface area contributed by atoms with Gasteiger partial charge in [-0.05, 0) is 66.8 Å². The van der Waals surface area contributed by atoms with Crippen molar-refractivity contribution in [2.24, 2.45) is 0 Å². The highest BCUT2D eigenvalue weighted by Crippen LogP contribution is 2.22. The molecule has 0 radical (unpaired) electrons. The Kier molecular flexibility index (Phi) is 7.37. The van der Waals surface area contributed by atoms with Crippen LogP contribution in [0.3, 0.4) is 0 Å². The third-order valence-electron chi connectivity index (χ3n) is 6.16. The molecule has 3 aromatic rings. The van der Waals surface area contributed by atoms with Gasteiger partial charge in [-0.1, -0.05) is 42.5 Å². The zero-order valence-electron chi connectivity index (χ0n) is 19.9. The molecule has 3 aromatic carbocycles. The largest absolute Gasteiger partial charge is 0.335 e. The van der Waals surface area contributed by atoms with E-state index in [0.29, 0.717) is 12.2 Å². The van der Waals surface area contributed by atoms with Crippen LogP contribution in [0.15, 0.2) is 71.6 Å². The van der Waals surface area contributed by atoms with Gasteiger partial charge in [-0.15, -0.1) is 4.83 Å². The quantitative estimate of drug-likeness (QED) is 0.493. The Bertz CT molecular complexity index is 1320. The fourth-order valence-electron chi connectivity index (χ4n) is 4.29. The molecule has 0 spiro atoms. The number of carbonyl (C=O) groups is 2. The molecule has 35 heavy (non-hydrogen) atoms. The monoisotopic (exact) mass is 494 g/mol. The Labute approximate surface area is 205 Å². The number of anilines is 1. The number of carbonyl (C=O) groups excluding carboxylic acids is 2. The second-order valence-electron chi connectivity index (χ2n) is 8.89.